The lowest BCUT2D eigenvalue weighted by Gasteiger charge is -2.23. The van der Waals surface area contributed by atoms with Crippen molar-refractivity contribution in [1.82, 2.24) is 4.90 Å². The number of rotatable bonds is 2. The number of ether oxygens (including phenoxy) is 1. The molecule has 1 aliphatic heterocycles. The van der Waals surface area contributed by atoms with Crippen LogP contribution >= 0.6 is 0 Å². The molecule has 0 aromatic carbocycles. The molecular weight excluding hydrogens is 186 g/mol. The summed E-state index contributed by atoms with van der Waals surface area (Å²) >= 11 is 0. The average Bonchev–Trinajstić information content (AvgIpc) is 2.18. The number of nitrogens with zero attached hydrogens (tertiary/aromatic N) is 1. The Morgan fingerprint density at radius 2 is 2.36 bits per heavy atom. The normalized spacial score (nSPS) is 16.1. The Morgan fingerprint density at radius 1 is 1.64 bits per heavy atom. The molecule has 0 aromatic heterocycles. The van der Waals surface area contributed by atoms with Gasteiger partial charge in [-0.2, -0.15) is 0 Å². The summed E-state index contributed by atoms with van der Waals surface area (Å²) in [5.74, 6) is -0.278. The van der Waals surface area contributed by atoms with Gasteiger partial charge in [0.2, 0.25) is 0 Å². The SMILES string of the molecule is COC(=O)CC1=CCN(C(=O)O)CC1. The van der Waals surface area contributed by atoms with Crippen LogP contribution in [0, 0.1) is 0 Å². The molecule has 0 radical (unpaired) electrons. The Hall–Kier alpha value is -1.52. The maximum absolute atomic E-state index is 10.9. The van der Waals surface area contributed by atoms with Gasteiger partial charge >= 0.3 is 12.1 Å². The Labute approximate surface area is 82.0 Å². The van der Waals surface area contributed by atoms with Crippen LogP contribution in [0.5, 0.6) is 0 Å². The van der Waals surface area contributed by atoms with Gasteiger partial charge in [0.15, 0.2) is 0 Å². The van der Waals surface area contributed by atoms with Gasteiger partial charge in [-0.1, -0.05) is 11.6 Å². The van der Waals surface area contributed by atoms with Crippen LogP contribution in [0.3, 0.4) is 0 Å². The third kappa shape index (κ3) is 2.76. The van der Waals surface area contributed by atoms with Crippen LogP contribution in [-0.4, -0.2) is 42.3 Å². The van der Waals surface area contributed by atoms with E-state index in [4.69, 9.17) is 5.11 Å². The quantitative estimate of drug-likeness (QED) is 0.529. The molecule has 1 amide bonds. The minimum Gasteiger partial charge on any atom is -0.469 e. The van der Waals surface area contributed by atoms with Crippen LogP contribution in [0.25, 0.3) is 0 Å². The predicted octanol–water partition coefficient (Wildman–Crippen LogP) is 0.860. The molecule has 1 aliphatic rings. The zero-order valence-corrected chi connectivity index (χ0v) is 8.02. The van der Waals surface area contributed by atoms with E-state index < -0.39 is 6.09 Å². The van der Waals surface area contributed by atoms with Crippen molar-refractivity contribution < 1.29 is 19.4 Å². The van der Waals surface area contributed by atoms with Gasteiger partial charge in [-0.25, -0.2) is 4.79 Å². The molecule has 0 saturated carbocycles. The summed E-state index contributed by atoms with van der Waals surface area (Å²) in [6.07, 6.45) is 1.73. The van der Waals surface area contributed by atoms with E-state index in [9.17, 15) is 9.59 Å². The van der Waals surface area contributed by atoms with Crippen LogP contribution in [0.2, 0.25) is 0 Å². The zero-order chi connectivity index (χ0) is 10.6. The Morgan fingerprint density at radius 3 is 2.79 bits per heavy atom. The second-order valence-electron chi connectivity index (χ2n) is 3.09. The lowest BCUT2D eigenvalue weighted by Crippen LogP contribution is -2.33. The molecule has 0 unspecified atom stereocenters. The van der Waals surface area contributed by atoms with E-state index in [1.165, 1.54) is 12.0 Å². The number of hydrogen-bond acceptors (Lipinski definition) is 3. The molecule has 0 atom stereocenters. The van der Waals surface area contributed by atoms with E-state index in [2.05, 4.69) is 4.74 Å². The fourth-order valence-electron chi connectivity index (χ4n) is 1.30. The Bertz CT molecular complexity index is 272. The topological polar surface area (TPSA) is 66.8 Å². The minimum absolute atomic E-state index is 0.268. The van der Waals surface area contributed by atoms with Crippen molar-refractivity contribution in [3.05, 3.63) is 11.6 Å². The van der Waals surface area contributed by atoms with E-state index >= 15 is 0 Å². The lowest BCUT2D eigenvalue weighted by molar-refractivity contribution is -0.139. The molecule has 0 fully saturated rings. The van der Waals surface area contributed by atoms with Crippen molar-refractivity contribution in [1.29, 1.82) is 0 Å². The first kappa shape index (κ1) is 10.6. The molecule has 1 rings (SSSR count). The predicted molar refractivity (Wildman–Crippen MR) is 48.9 cm³/mol. The summed E-state index contributed by atoms with van der Waals surface area (Å²) in [4.78, 5) is 22.8. The van der Waals surface area contributed by atoms with E-state index in [1.54, 1.807) is 6.08 Å². The van der Waals surface area contributed by atoms with Gasteiger partial charge in [0.05, 0.1) is 13.5 Å². The highest BCUT2D eigenvalue weighted by atomic mass is 16.5. The van der Waals surface area contributed by atoms with Crippen molar-refractivity contribution in [2.45, 2.75) is 12.8 Å². The van der Waals surface area contributed by atoms with Gasteiger partial charge in [-0.3, -0.25) is 4.79 Å². The van der Waals surface area contributed by atoms with Crippen molar-refractivity contribution >= 4 is 12.1 Å². The van der Waals surface area contributed by atoms with Gasteiger partial charge in [0.25, 0.3) is 0 Å². The van der Waals surface area contributed by atoms with Crippen molar-refractivity contribution in [2.75, 3.05) is 20.2 Å². The van der Waals surface area contributed by atoms with E-state index in [-0.39, 0.29) is 12.4 Å². The molecule has 0 aliphatic carbocycles. The number of esters is 1. The summed E-state index contributed by atoms with van der Waals surface area (Å²) < 4.78 is 4.52. The molecule has 0 saturated heterocycles. The fourth-order valence-corrected chi connectivity index (χ4v) is 1.30. The van der Waals surface area contributed by atoms with Crippen LogP contribution in [0.1, 0.15) is 12.8 Å². The molecule has 5 nitrogen and oxygen atoms in total. The third-order valence-corrected chi connectivity index (χ3v) is 2.17. The molecule has 0 spiro atoms. The fraction of sp³-hybridized carbons (Fsp3) is 0.556. The third-order valence-electron chi connectivity index (χ3n) is 2.17. The van der Waals surface area contributed by atoms with Crippen molar-refractivity contribution in [2.24, 2.45) is 0 Å². The van der Waals surface area contributed by atoms with Gasteiger partial charge in [-0.05, 0) is 6.42 Å². The maximum Gasteiger partial charge on any atom is 0.407 e. The summed E-state index contributed by atoms with van der Waals surface area (Å²) in [5.41, 5.74) is 0.953. The van der Waals surface area contributed by atoms with Crippen LogP contribution in [-0.2, 0) is 9.53 Å². The highest BCUT2D eigenvalue weighted by Gasteiger charge is 2.17. The lowest BCUT2D eigenvalue weighted by atomic mass is 10.1. The van der Waals surface area contributed by atoms with Gasteiger partial charge < -0.3 is 14.7 Å². The maximum atomic E-state index is 10.9. The average molecular weight is 199 g/mol. The monoisotopic (exact) mass is 199 g/mol. The minimum atomic E-state index is -0.918. The highest BCUT2D eigenvalue weighted by molar-refractivity contribution is 5.72. The van der Waals surface area contributed by atoms with E-state index in [0.717, 1.165) is 5.57 Å². The smallest absolute Gasteiger partial charge is 0.407 e. The van der Waals surface area contributed by atoms with Crippen LogP contribution < -0.4 is 0 Å². The first-order valence-electron chi connectivity index (χ1n) is 4.36. The molecule has 0 aromatic rings. The number of methoxy groups -OCH3 is 1. The molecule has 78 valence electrons. The summed E-state index contributed by atoms with van der Waals surface area (Å²) in [5, 5.41) is 8.66. The Kier molecular flexibility index (Phi) is 3.50. The largest absolute Gasteiger partial charge is 0.469 e. The molecule has 14 heavy (non-hydrogen) atoms. The summed E-state index contributed by atoms with van der Waals surface area (Å²) in [6.45, 7) is 0.819. The number of hydrogen-bond donors (Lipinski definition) is 1. The van der Waals surface area contributed by atoms with E-state index in [0.29, 0.717) is 19.5 Å². The first-order chi connectivity index (χ1) is 6.63. The molecule has 0 bridgehead atoms. The number of carbonyl (C=O) groups excluding carboxylic acids is 1. The van der Waals surface area contributed by atoms with Gasteiger partial charge in [0, 0.05) is 13.1 Å². The number of carboxylic acid groups (broad SMARTS) is 1. The standard InChI is InChI=1S/C9H13NO4/c1-14-8(11)6-7-2-4-10(5-3-7)9(12)13/h2H,3-6H2,1H3,(H,12,13). The second kappa shape index (κ2) is 4.64. The van der Waals surface area contributed by atoms with Crippen molar-refractivity contribution in [3.63, 3.8) is 0 Å². The first-order valence-corrected chi connectivity index (χ1v) is 4.36. The highest BCUT2D eigenvalue weighted by Crippen LogP contribution is 2.14. The van der Waals surface area contributed by atoms with Gasteiger partial charge in [0.1, 0.15) is 0 Å². The second-order valence-corrected chi connectivity index (χ2v) is 3.09. The zero-order valence-electron chi connectivity index (χ0n) is 8.02. The Balaban J connectivity index is 2.45. The van der Waals surface area contributed by atoms with Gasteiger partial charge in [-0.15, -0.1) is 0 Å². The number of carbonyl (C=O) groups is 2. The summed E-state index contributed by atoms with van der Waals surface area (Å²) in [6, 6.07) is 0. The summed E-state index contributed by atoms with van der Waals surface area (Å²) in [7, 11) is 1.34. The molecule has 1 N–H and O–H groups in total. The molecular formula is C9H13NO4. The van der Waals surface area contributed by atoms with E-state index in [1.807, 2.05) is 0 Å². The molecule has 1 heterocycles. The van der Waals surface area contributed by atoms with Crippen LogP contribution in [0.15, 0.2) is 11.6 Å². The van der Waals surface area contributed by atoms with Crippen molar-refractivity contribution in [3.8, 4) is 0 Å². The number of amides is 1. The van der Waals surface area contributed by atoms with Crippen LogP contribution in [0.4, 0.5) is 4.79 Å². The molecule has 5 heteroatoms.